The summed E-state index contributed by atoms with van der Waals surface area (Å²) in [6.07, 6.45) is 1.52. The third-order valence-electron chi connectivity index (χ3n) is 4.83. The minimum Gasteiger partial charge on any atom is -0.384 e. The van der Waals surface area contributed by atoms with E-state index in [1.807, 2.05) is 73.7 Å². The van der Waals surface area contributed by atoms with Crippen molar-refractivity contribution >= 4 is 11.7 Å². The van der Waals surface area contributed by atoms with E-state index in [9.17, 15) is 4.79 Å². The number of hydrogen-bond acceptors (Lipinski definition) is 4. The standard InChI is InChI=1S/C22H27N5O/c1-16(21(24)17-9-4-2-5-10-17)22(28)25-14-8-11-18-15-20(23)27(26-18)19-12-6-3-7-13-19/h2-7,9-10,12-13,15-16,21H,8,11,14,23-24H2,1H3,(H,25,28). The number of hydrogen-bond donors (Lipinski definition) is 3. The van der Waals surface area contributed by atoms with Crippen LogP contribution in [0.4, 0.5) is 5.82 Å². The first-order chi connectivity index (χ1) is 13.6. The van der Waals surface area contributed by atoms with E-state index >= 15 is 0 Å². The molecule has 2 unspecified atom stereocenters. The Morgan fingerprint density at radius 1 is 1.11 bits per heavy atom. The molecule has 6 heteroatoms. The van der Waals surface area contributed by atoms with Gasteiger partial charge in [-0.1, -0.05) is 55.5 Å². The Balaban J connectivity index is 1.47. The molecule has 28 heavy (non-hydrogen) atoms. The van der Waals surface area contributed by atoms with Crippen LogP contribution in [0.2, 0.25) is 0 Å². The Bertz CT molecular complexity index is 892. The normalized spacial score (nSPS) is 13.1. The fraction of sp³-hybridized carbons (Fsp3) is 0.273. The number of carbonyl (C=O) groups is 1. The van der Waals surface area contributed by atoms with Crippen LogP contribution in [0.3, 0.4) is 0 Å². The van der Waals surface area contributed by atoms with Gasteiger partial charge in [-0.25, -0.2) is 4.68 Å². The Morgan fingerprint density at radius 2 is 1.75 bits per heavy atom. The third-order valence-corrected chi connectivity index (χ3v) is 4.83. The highest BCUT2D eigenvalue weighted by Gasteiger charge is 2.21. The minimum absolute atomic E-state index is 0.0364. The molecule has 3 rings (SSSR count). The maximum atomic E-state index is 12.4. The average Bonchev–Trinajstić information content (AvgIpc) is 3.11. The summed E-state index contributed by atoms with van der Waals surface area (Å²) in [5.74, 6) is 0.272. The second kappa shape index (κ2) is 9.19. The van der Waals surface area contributed by atoms with Gasteiger partial charge in [0.25, 0.3) is 0 Å². The van der Waals surface area contributed by atoms with Gasteiger partial charge >= 0.3 is 0 Å². The van der Waals surface area contributed by atoms with Crippen LogP contribution in [0.1, 0.15) is 30.6 Å². The average molecular weight is 377 g/mol. The predicted molar refractivity (Wildman–Crippen MR) is 112 cm³/mol. The third kappa shape index (κ3) is 4.78. The molecule has 0 saturated heterocycles. The van der Waals surface area contributed by atoms with E-state index in [0.717, 1.165) is 29.8 Å². The zero-order valence-electron chi connectivity index (χ0n) is 16.1. The van der Waals surface area contributed by atoms with Gasteiger partial charge in [0.05, 0.1) is 17.3 Å². The van der Waals surface area contributed by atoms with Crippen molar-refractivity contribution in [3.63, 3.8) is 0 Å². The molecule has 0 aliphatic heterocycles. The molecule has 1 heterocycles. The topological polar surface area (TPSA) is 99.0 Å². The number of amides is 1. The number of rotatable bonds is 8. The molecule has 2 aromatic carbocycles. The zero-order valence-corrected chi connectivity index (χ0v) is 16.1. The van der Waals surface area contributed by atoms with Gasteiger partial charge in [0, 0.05) is 18.7 Å². The van der Waals surface area contributed by atoms with Crippen LogP contribution >= 0.6 is 0 Å². The maximum Gasteiger partial charge on any atom is 0.224 e. The second-order valence-electron chi connectivity index (χ2n) is 6.93. The Kier molecular flexibility index (Phi) is 6.45. The number of aromatic nitrogens is 2. The molecule has 146 valence electrons. The van der Waals surface area contributed by atoms with E-state index < -0.39 is 0 Å². The molecule has 0 fully saturated rings. The lowest BCUT2D eigenvalue weighted by atomic mass is 9.94. The van der Waals surface area contributed by atoms with Crippen molar-refractivity contribution in [2.24, 2.45) is 11.7 Å². The van der Waals surface area contributed by atoms with Crippen LogP contribution in [0, 0.1) is 5.92 Å². The van der Waals surface area contributed by atoms with Crippen molar-refractivity contribution in [3.8, 4) is 5.69 Å². The van der Waals surface area contributed by atoms with E-state index in [1.165, 1.54) is 0 Å². The van der Waals surface area contributed by atoms with Crippen LogP contribution in [0.5, 0.6) is 0 Å². The van der Waals surface area contributed by atoms with Crippen molar-refractivity contribution in [1.29, 1.82) is 0 Å². The number of aryl methyl sites for hydroxylation is 1. The molecule has 0 aliphatic rings. The van der Waals surface area contributed by atoms with Gasteiger partial charge in [0.2, 0.25) is 5.91 Å². The first kappa shape index (κ1) is 19.6. The van der Waals surface area contributed by atoms with Gasteiger partial charge in [-0.15, -0.1) is 0 Å². The molecule has 0 spiro atoms. The van der Waals surface area contributed by atoms with E-state index in [1.54, 1.807) is 4.68 Å². The fourth-order valence-corrected chi connectivity index (χ4v) is 3.11. The van der Waals surface area contributed by atoms with Crippen molar-refractivity contribution in [2.45, 2.75) is 25.8 Å². The number of nitrogens with one attached hydrogen (secondary N) is 1. The molecule has 0 radical (unpaired) electrons. The summed E-state index contributed by atoms with van der Waals surface area (Å²) in [5.41, 5.74) is 15.1. The zero-order chi connectivity index (χ0) is 19.9. The summed E-state index contributed by atoms with van der Waals surface area (Å²) in [5, 5.41) is 7.53. The predicted octanol–water partition coefficient (Wildman–Crippen LogP) is 2.84. The highest BCUT2D eigenvalue weighted by molar-refractivity contribution is 5.79. The number of para-hydroxylation sites is 1. The number of carbonyl (C=O) groups excluding carboxylic acids is 1. The number of nitrogen functional groups attached to an aromatic ring is 1. The molecule has 0 saturated carbocycles. The SMILES string of the molecule is CC(C(=O)NCCCc1cc(N)n(-c2ccccc2)n1)C(N)c1ccccc1. The molecule has 6 nitrogen and oxygen atoms in total. The number of benzene rings is 2. The van der Waals surface area contributed by atoms with Gasteiger partial charge in [0.15, 0.2) is 0 Å². The van der Waals surface area contributed by atoms with Crippen molar-refractivity contribution < 1.29 is 4.79 Å². The molecule has 0 aliphatic carbocycles. The first-order valence-corrected chi connectivity index (χ1v) is 9.54. The first-order valence-electron chi connectivity index (χ1n) is 9.54. The lowest BCUT2D eigenvalue weighted by molar-refractivity contribution is -0.125. The van der Waals surface area contributed by atoms with Crippen LogP contribution in [0.15, 0.2) is 66.7 Å². The largest absolute Gasteiger partial charge is 0.384 e. The van der Waals surface area contributed by atoms with Crippen molar-refractivity contribution in [1.82, 2.24) is 15.1 Å². The van der Waals surface area contributed by atoms with E-state index in [4.69, 9.17) is 11.5 Å². The molecule has 0 bridgehead atoms. The Hall–Kier alpha value is -3.12. The molecule has 1 aromatic heterocycles. The molecule has 2 atom stereocenters. The molecule has 1 amide bonds. The van der Waals surface area contributed by atoms with Gasteiger partial charge in [-0.2, -0.15) is 5.10 Å². The monoisotopic (exact) mass is 377 g/mol. The van der Waals surface area contributed by atoms with E-state index in [2.05, 4.69) is 10.4 Å². The van der Waals surface area contributed by atoms with Crippen LogP contribution in [-0.2, 0) is 11.2 Å². The summed E-state index contributed by atoms with van der Waals surface area (Å²) in [6.45, 7) is 2.43. The minimum atomic E-state index is -0.317. The summed E-state index contributed by atoms with van der Waals surface area (Å²) >= 11 is 0. The summed E-state index contributed by atoms with van der Waals surface area (Å²) in [7, 11) is 0. The fourth-order valence-electron chi connectivity index (χ4n) is 3.11. The van der Waals surface area contributed by atoms with Crippen molar-refractivity contribution in [3.05, 3.63) is 78.0 Å². The van der Waals surface area contributed by atoms with Crippen LogP contribution in [0.25, 0.3) is 5.69 Å². The molecule has 5 N–H and O–H groups in total. The van der Waals surface area contributed by atoms with Gasteiger partial charge in [-0.3, -0.25) is 4.79 Å². The highest BCUT2D eigenvalue weighted by atomic mass is 16.1. The lowest BCUT2D eigenvalue weighted by Gasteiger charge is -2.19. The highest BCUT2D eigenvalue weighted by Crippen LogP contribution is 2.19. The van der Waals surface area contributed by atoms with Crippen LogP contribution in [-0.4, -0.2) is 22.2 Å². The van der Waals surface area contributed by atoms with Crippen molar-refractivity contribution in [2.75, 3.05) is 12.3 Å². The number of nitrogens with zero attached hydrogens (tertiary/aromatic N) is 2. The van der Waals surface area contributed by atoms with Gasteiger partial charge in [0.1, 0.15) is 5.82 Å². The van der Waals surface area contributed by atoms with E-state index in [0.29, 0.717) is 12.4 Å². The molecular weight excluding hydrogens is 350 g/mol. The second-order valence-corrected chi connectivity index (χ2v) is 6.93. The van der Waals surface area contributed by atoms with E-state index in [-0.39, 0.29) is 17.9 Å². The lowest BCUT2D eigenvalue weighted by Crippen LogP contribution is -2.36. The summed E-state index contributed by atoms with van der Waals surface area (Å²) in [4.78, 5) is 12.4. The number of nitrogens with two attached hydrogens (primary N) is 2. The smallest absolute Gasteiger partial charge is 0.224 e. The summed E-state index contributed by atoms with van der Waals surface area (Å²) < 4.78 is 1.73. The Morgan fingerprint density at radius 3 is 2.43 bits per heavy atom. The van der Waals surface area contributed by atoms with Crippen LogP contribution < -0.4 is 16.8 Å². The van der Waals surface area contributed by atoms with Gasteiger partial charge in [-0.05, 0) is 30.5 Å². The maximum absolute atomic E-state index is 12.4. The molecular formula is C22H27N5O. The Labute approximate surface area is 165 Å². The summed E-state index contributed by atoms with van der Waals surface area (Å²) in [6, 6.07) is 21.0. The number of anilines is 1. The quantitative estimate of drug-likeness (QED) is 0.526. The van der Waals surface area contributed by atoms with Gasteiger partial charge < -0.3 is 16.8 Å². The molecule has 3 aromatic rings.